The molecule has 0 aliphatic carbocycles. The van der Waals surface area contributed by atoms with Gasteiger partial charge in [0.05, 0.1) is 6.04 Å². The molecule has 0 saturated heterocycles. The van der Waals surface area contributed by atoms with Crippen molar-refractivity contribution in [3.63, 3.8) is 0 Å². The van der Waals surface area contributed by atoms with Crippen LogP contribution in [0.15, 0.2) is 11.3 Å². The van der Waals surface area contributed by atoms with Gasteiger partial charge in [0, 0.05) is 12.2 Å². The van der Waals surface area contributed by atoms with Gasteiger partial charge in [0.2, 0.25) is 5.91 Å². The third-order valence-electron chi connectivity index (χ3n) is 2.81. The van der Waals surface area contributed by atoms with Crippen LogP contribution in [0.3, 0.4) is 0 Å². The Balaban J connectivity index is 2.91. The van der Waals surface area contributed by atoms with Gasteiger partial charge >= 0.3 is 0 Å². The molecule has 0 saturated carbocycles. The molecule has 0 radical (unpaired) electrons. The SMILES string of the molecule is CC1=C(C)NC(=O)[C@H](C(C)C)N(C)C1. The van der Waals surface area contributed by atoms with Gasteiger partial charge in [-0.3, -0.25) is 9.69 Å². The number of carbonyl (C=O) groups is 1. The second kappa shape index (κ2) is 4.13. The van der Waals surface area contributed by atoms with E-state index in [1.807, 2.05) is 14.0 Å². The van der Waals surface area contributed by atoms with Gasteiger partial charge in [-0.15, -0.1) is 0 Å². The molecule has 0 bridgehead atoms. The summed E-state index contributed by atoms with van der Waals surface area (Å²) in [6.45, 7) is 9.06. The first kappa shape index (κ1) is 11.2. The maximum atomic E-state index is 11.8. The fraction of sp³-hybridized carbons (Fsp3) is 0.727. The highest BCUT2D eigenvalue weighted by molar-refractivity contribution is 5.84. The van der Waals surface area contributed by atoms with E-state index >= 15 is 0 Å². The minimum atomic E-state index is -0.0117. The normalized spacial score (nSPS) is 25.3. The van der Waals surface area contributed by atoms with E-state index in [0.717, 1.165) is 12.2 Å². The van der Waals surface area contributed by atoms with Gasteiger partial charge in [-0.2, -0.15) is 0 Å². The summed E-state index contributed by atoms with van der Waals surface area (Å²) in [7, 11) is 2.01. The van der Waals surface area contributed by atoms with E-state index in [4.69, 9.17) is 0 Å². The third-order valence-corrected chi connectivity index (χ3v) is 2.81. The molecule has 0 aromatic rings. The molecule has 0 spiro atoms. The average Bonchev–Trinajstić information content (AvgIpc) is 2.09. The van der Waals surface area contributed by atoms with Crippen molar-refractivity contribution in [3.05, 3.63) is 11.3 Å². The van der Waals surface area contributed by atoms with Gasteiger partial charge in [0.15, 0.2) is 0 Å². The summed E-state index contributed by atoms with van der Waals surface area (Å²) in [5, 5.41) is 2.95. The molecule has 80 valence electrons. The lowest BCUT2D eigenvalue weighted by atomic mass is 10.0. The zero-order chi connectivity index (χ0) is 10.9. The van der Waals surface area contributed by atoms with Crippen LogP contribution < -0.4 is 5.32 Å². The van der Waals surface area contributed by atoms with E-state index in [2.05, 4.69) is 31.0 Å². The molecule has 1 aliphatic rings. The van der Waals surface area contributed by atoms with Gasteiger partial charge in [0.25, 0.3) is 0 Å². The van der Waals surface area contributed by atoms with Crippen LogP contribution in [0.4, 0.5) is 0 Å². The minimum absolute atomic E-state index is 0.0117. The number of hydrogen-bond acceptors (Lipinski definition) is 2. The summed E-state index contributed by atoms with van der Waals surface area (Å²) in [6, 6.07) is -0.0117. The van der Waals surface area contributed by atoms with E-state index < -0.39 is 0 Å². The Bertz CT molecular complexity index is 268. The summed E-state index contributed by atoms with van der Waals surface area (Å²) in [6.07, 6.45) is 0. The molecule has 1 N–H and O–H groups in total. The summed E-state index contributed by atoms with van der Waals surface area (Å²) in [5.74, 6) is 0.468. The molecule has 0 fully saturated rings. The second-order valence-corrected chi connectivity index (χ2v) is 4.50. The molecule has 1 rings (SSSR count). The van der Waals surface area contributed by atoms with Crippen molar-refractivity contribution in [2.45, 2.75) is 33.7 Å². The lowest BCUT2D eigenvalue weighted by Crippen LogP contribution is -2.45. The zero-order valence-electron chi connectivity index (χ0n) is 9.72. The Morgan fingerprint density at radius 3 is 2.50 bits per heavy atom. The number of allylic oxidation sites excluding steroid dienone is 1. The third kappa shape index (κ3) is 2.15. The smallest absolute Gasteiger partial charge is 0.241 e. The fourth-order valence-electron chi connectivity index (χ4n) is 1.97. The van der Waals surface area contributed by atoms with E-state index in [9.17, 15) is 4.79 Å². The molecule has 0 unspecified atom stereocenters. The van der Waals surface area contributed by atoms with E-state index in [-0.39, 0.29) is 11.9 Å². The number of rotatable bonds is 1. The predicted octanol–water partition coefficient (Wildman–Crippen LogP) is 1.37. The van der Waals surface area contributed by atoms with Crippen LogP contribution in [0.25, 0.3) is 0 Å². The number of likely N-dealkylation sites (N-methyl/N-ethyl adjacent to an activating group) is 1. The largest absolute Gasteiger partial charge is 0.329 e. The quantitative estimate of drug-likeness (QED) is 0.687. The number of nitrogens with zero attached hydrogens (tertiary/aromatic N) is 1. The first-order valence-electron chi connectivity index (χ1n) is 5.11. The van der Waals surface area contributed by atoms with Crippen molar-refractivity contribution in [1.29, 1.82) is 0 Å². The van der Waals surface area contributed by atoms with Crippen molar-refractivity contribution in [3.8, 4) is 0 Å². The molecule has 3 nitrogen and oxygen atoms in total. The van der Waals surface area contributed by atoms with Crippen molar-refractivity contribution < 1.29 is 4.79 Å². The van der Waals surface area contributed by atoms with E-state index in [1.54, 1.807) is 0 Å². The molecule has 1 atom stereocenters. The number of hydrogen-bond donors (Lipinski definition) is 1. The van der Waals surface area contributed by atoms with Crippen LogP contribution in [0.1, 0.15) is 27.7 Å². The molecule has 1 amide bonds. The maximum absolute atomic E-state index is 11.8. The predicted molar refractivity (Wildman–Crippen MR) is 57.8 cm³/mol. The lowest BCUT2D eigenvalue weighted by Gasteiger charge is -2.27. The van der Waals surface area contributed by atoms with Gasteiger partial charge in [-0.25, -0.2) is 0 Å². The van der Waals surface area contributed by atoms with Gasteiger partial charge < -0.3 is 5.32 Å². The first-order valence-corrected chi connectivity index (χ1v) is 5.11. The summed E-state index contributed by atoms with van der Waals surface area (Å²) in [4.78, 5) is 14.0. The van der Waals surface area contributed by atoms with Crippen LogP contribution in [0.5, 0.6) is 0 Å². The number of carbonyl (C=O) groups excluding carboxylic acids is 1. The molecule has 14 heavy (non-hydrogen) atoms. The maximum Gasteiger partial charge on any atom is 0.241 e. The molecule has 1 heterocycles. The van der Waals surface area contributed by atoms with Gasteiger partial charge in [-0.1, -0.05) is 13.8 Å². The molecular formula is C11H20N2O. The Hall–Kier alpha value is -0.830. The van der Waals surface area contributed by atoms with Crippen molar-refractivity contribution in [2.75, 3.05) is 13.6 Å². The Morgan fingerprint density at radius 1 is 1.43 bits per heavy atom. The minimum Gasteiger partial charge on any atom is -0.329 e. The number of nitrogens with one attached hydrogen (secondary N) is 1. The van der Waals surface area contributed by atoms with Crippen LogP contribution in [-0.2, 0) is 4.79 Å². The van der Waals surface area contributed by atoms with Crippen molar-refractivity contribution in [2.24, 2.45) is 5.92 Å². The second-order valence-electron chi connectivity index (χ2n) is 4.50. The topological polar surface area (TPSA) is 32.3 Å². The van der Waals surface area contributed by atoms with Crippen LogP contribution in [-0.4, -0.2) is 30.4 Å². The van der Waals surface area contributed by atoms with Crippen LogP contribution in [0.2, 0.25) is 0 Å². The highest BCUT2D eigenvalue weighted by atomic mass is 16.2. The Kier molecular flexibility index (Phi) is 3.32. The zero-order valence-corrected chi connectivity index (χ0v) is 9.72. The molecule has 0 aromatic heterocycles. The Morgan fingerprint density at radius 2 is 2.00 bits per heavy atom. The van der Waals surface area contributed by atoms with Crippen molar-refractivity contribution in [1.82, 2.24) is 10.2 Å². The molecule has 3 heteroatoms. The van der Waals surface area contributed by atoms with Crippen LogP contribution in [0, 0.1) is 5.92 Å². The molecular weight excluding hydrogens is 176 g/mol. The fourth-order valence-corrected chi connectivity index (χ4v) is 1.97. The van der Waals surface area contributed by atoms with Crippen LogP contribution >= 0.6 is 0 Å². The van der Waals surface area contributed by atoms with E-state index in [1.165, 1.54) is 5.57 Å². The van der Waals surface area contributed by atoms with Gasteiger partial charge in [0.1, 0.15) is 0 Å². The highest BCUT2D eigenvalue weighted by Gasteiger charge is 2.29. The standard InChI is InChI=1S/C11H20N2O/c1-7(2)10-11(14)12-9(4)8(3)6-13(10)5/h7,10H,6H2,1-5H3,(H,12,14)/t10-/m0/s1. The monoisotopic (exact) mass is 196 g/mol. The average molecular weight is 196 g/mol. The Labute approximate surface area is 86.2 Å². The lowest BCUT2D eigenvalue weighted by molar-refractivity contribution is -0.126. The summed E-state index contributed by atoms with van der Waals surface area (Å²) in [5.41, 5.74) is 2.24. The van der Waals surface area contributed by atoms with Gasteiger partial charge in [-0.05, 0) is 32.4 Å². The first-order chi connectivity index (χ1) is 6.43. The number of amides is 1. The summed E-state index contributed by atoms with van der Waals surface area (Å²) < 4.78 is 0. The molecule has 0 aromatic carbocycles. The van der Waals surface area contributed by atoms with Crippen molar-refractivity contribution >= 4 is 5.91 Å². The summed E-state index contributed by atoms with van der Waals surface area (Å²) >= 11 is 0. The molecule has 1 aliphatic heterocycles. The highest BCUT2D eigenvalue weighted by Crippen LogP contribution is 2.16. The van der Waals surface area contributed by atoms with E-state index in [0.29, 0.717) is 5.92 Å².